The molecular formula is C14H19ClNP. The molecular weight excluding hydrogens is 249 g/mol. The summed E-state index contributed by atoms with van der Waals surface area (Å²) in [5, 5.41) is 2.90. The highest BCUT2D eigenvalue weighted by atomic mass is 35.5. The lowest BCUT2D eigenvalue weighted by Gasteiger charge is -2.08. The van der Waals surface area contributed by atoms with Crippen molar-refractivity contribution in [2.45, 2.75) is 13.8 Å². The van der Waals surface area contributed by atoms with Gasteiger partial charge in [-0.1, -0.05) is 57.1 Å². The zero-order valence-corrected chi connectivity index (χ0v) is 12.1. The van der Waals surface area contributed by atoms with E-state index in [1.165, 1.54) is 21.7 Å². The molecule has 1 nitrogen and oxygen atoms in total. The van der Waals surface area contributed by atoms with Crippen LogP contribution in [0.4, 0.5) is 0 Å². The molecule has 0 aromatic heterocycles. The first-order valence-electron chi connectivity index (χ1n) is 5.15. The van der Waals surface area contributed by atoms with Crippen LogP contribution in [0.15, 0.2) is 48.5 Å². The van der Waals surface area contributed by atoms with Crippen molar-refractivity contribution >= 4 is 31.6 Å². The molecule has 0 unspecified atom stereocenters. The Kier molecular flexibility index (Phi) is 7.06. The highest BCUT2D eigenvalue weighted by molar-refractivity contribution is 7.55. The van der Waals surface area contributed by atoms with E-state index in [0.29, 0.717) is 0 Å². The lowest BCUT2D eigenvalue weighted by Crippen LogP contribution is -2.08. The molecule has 0 saturated heterocycles. The molecule has 0 aliphatic rings. The van der Waals surface area contributed by atoms with E-state index < -0.39 is 0 Å². The van der Waals surface area contributed by atoms with E-state index in [2.05, 4.69) is 62.4 Å². The van der Waals surface area contributed by atoms with Gasteiger partial charge in [-0.25, -0.2) is 0 Å². The molecule has 0 bridgehead atoms. The number of halogens is 1. The second kappa shape index (κ2) is 7.45. The quantitative estimate of drug-likeness (QED) is 0.830. The van der Waals surface area contributed by atoms with Crippen molar-refractivity contribution in [2.24, 2.45) is 0 Å². The van der Waals surface area contributed by atoms with Gasteiger partial charge in [0.2, 0.25) is 0 Å². The summed E-state index contributed by atoms with van der Waals surface area (Å²) in [5.74, 6) is 0. The first-order valence-corrected chi connectivity index (χ1v) is 6.15. The van der Waals surface area contributed by atoms with Gasteiger partial charge in [-0.05, 0) is 35.6 Å². The van der Waals surface area contributed by atoms with Crippen LogP contribution in [-0.2, 0) is 0 Å². The highest BCUT2D eigenvalue weighted by Gasteiger charge is 2.00. The van der Waals surface area contributed by atoms with Crippen LogP contribution in [0.3, 0.4) is 0 Å². The highest BCUT2D eigenvalue weighted by Crippen LogP contribution is 2.15. The fourth-order valence-electron chi connectivity index (χ4n) is 1.57. The molecule has 0 spiro atoms. The van der Waals surface area contributed by atoms with Gasteiger partial charge in [-0.3, -0.25) is 0 Å². The van der Waals surface area contributed by atoms with E-state index in [1.807, 2.05) is 0 Å². The van der Waals surface area contributed by atoms with Gasteiger partial charge < -0.3 is 6.15 Å². The Hall–Kier alpha value is -0.880. The Labute approximate surface area is 111 Å². The Bertz CT molecular complexity index is 428. The molecule has 0 aliphatic heterocycles. The largest absolute Gasteiger partial charge is 0.344 e. The minimum Gasteiger partial charge on any atom is -0.344 e. The van der Waals surface area contributed by atoms with E-state index in [-0.39, 0.29) is 18.6 Å². The van der Waals surface area contributed by atoms with E-state index in [9.17, 15) is 0 Å². The van der Waals surface area contributed by atoms with Crippen molar-refractivity contribution in [3.8, 4) is 0 Å². The number of benzene rings is 2. The van der Waals surface area contributed by atoms with Crippen LogP contribution in [0.2, 0.25) is 0 Å². The lowest BCUT2D eigenvalue weighted by atomic mass is 10.2. The SMILES string of the molecule is Cc1ccccc1Pc1ccccc1C.Cl.N. The third-order valence-corrected chi connectivity index (χ3v) is 4.22. The van der Waals surface area contributed by atoms with Crippen LogP contribution in [-0.4, -0.2) is 0 Å². The summed E-state index contributed by atoms with van der Waals surface area (Å²) in [5.41, 5.74) is 2.78. The molecule has 0 atom stereocenters. The van der Waals surface area contributed by atoms with E-state index in [4.69, 9.17) is 0 Å². The molecule has 3 heteroatoms. The molecule has 0 radical (unpaired) electrons. The second-order valence-corrected chi connectivity index (χ2v) is 5.08. The Morgan fingerprint density at radius 1 is 0.706 bits per heavy atom. The molecule has 0 amide bonds. The van der Waals surface area contributed by atoms with Crippen molar-refractivity contribution in [1.29, 1.82) is 0 Å². The smallest absolute Gasteiger partial charge is 0.0197 e. The van der Waals surface area contributed by atoms with Gasteiger partial charge >= 0.3 is 0 Å². The minimum atomic E-state index is 0. The molecule has 92 valence electrons. The summed E-state index contributed by atoms with van der Waals surface area (Å²) in [6.45, 7) is 4.36. The third-order valence-electron chi connectivity index (χ3n) is 2.56. The summed E-state index contributed by atoms with van der Waals surface area (Å²) in [6, 6.07) is 17.2. The molecule has 0 fully saturated rings. The summed E-state index contributed by atoms with van der Waals surface area (Å²) in [7, 11) is 0.774. The van der Waals surface area contributed by atoms with Gasteiger partial charge in [-0.2, -0.15) is 0 Å². The average Bonchev–Trinajstić information content (AvgIpc) is 2.24. The molecule has 17 heavy (non-hydrogen) atoms. The van der Waals surface area contributed by atoms with Crippen LogP contribution in [0.25, 0.3) is 0 Å². The number of hydrogen-bond donors (Lipinski definition) is 1. The minimum absolute atomic E-state index is 0. The number of hydrogen-bond acceptors (Lipinski definition) is 1. The lowest BCUT2D eigenvalue weighted by molar-refractivity contribution is 1.51. The van der Waals surface area contributed by atoms with E-state index >= 15 is 0 Å². The normalized spacial score (nSPS) is 9.06. The summed E-state index contributed by atoms with van der Waals surface area (Å²) < 4.78 is 0. The number of aryl methyl sites for hydroxylation is 2. The van der Waals surface area contributed by atoms with Crippen LogP contribution < -0.4 is 16.8 Å². The number of rotatable bonds is 2. The van der Waals surface area contributed by atoms with E-state index in [1.54, 1.807) is 0 Å². The van der Waals surface area contributed by atoms with Crippen LogP contribution in [0.1, 0.15) is 11.1 Å². The molecule has 2 rings (SSSR count). The zero-order chi connectivity index (χ0) is 10.7. The maximum absolute atomic E-state index is 2.22. The molecule has 2 aromatic rings. The van der Waals surface area contributed by atoms with Gasteiger partial charge in [0, 0.05) is 0 Å². The maximum Gasteiger partial charge on any atom is -0.0197 e. The Morgan fingerprint density at radius 2 is 1.06 bits per heavy atom. The summed E-state index contributed by atoms with van der Waals surface area (Å²) >= 11 is 0. The molecule has 0 saturated carbocycles. The predicted octanol–water partition coefficient (Wildman–Crippen LogP) is 3.52. The third kappa shape index (κ3) is 4.12. The Morgan fingerprint density at radius 3 is 1.41 bits per heavy atom. The topological polar surface area (TPSA) is 35.0 Å². The van der Waals surface area contributed by atoms with Crippen LogP contribution in [0, 0.1) is 13.8 Å². The van der Waals surface area contributed by atoms with Gasteiger partial charge in [0.05, 0.1) is 0 Å². The van der Waals surface area contributed by atoms with Gasteiger partial charge in [0.1, 0.15) is 0 Å². The van der Waals surface area contributed by atoms with Crippen molar-refractivity contribution in [1.82, 2.24) is 6.15 Å². The van der Waals surface area contributed by atoms with Crippen LogP contribution in [0.5, 0.6) is 0 Å². The molecule has 0 aliphatic carbocycles. The fourth-order valence-corrected chi connectivity index (χ4v) is 2.78. The molecule has 3 N–H and O–H groups in total. The summed E-state index contributed by atoms with van der Waals surface area (Å²) in [6.07, 6.45) is 0. The summed E-state index contributed by atoms with van der Waals surface area (Å²) in [4.78, 5) is 0. The van der Waals surface area contributed by atoms with Gasteiger partial charge in [-0.15, -0.1) is 12.4 Å². The van der Waals surface area contributed by atoms with Crippen molar-refractivity contribution < 1.29 is 0 Å². The standard InChI is InChI=1S/C14H15P.ClH.H3N/c1-11-7-3-5-9-13(11)15-14-10-6-4-8-12(14)2;;/h3-10,15H,1-2H3;1H;1H3. The van der Waals surface area contributed by atoms with Crippen LogP contribution >= 0.6 is 21.0 Å². The van der Waals surface area contributed by atoms with Crippen molar-refractivity contribution in [3.63, 3.8) is 0 Å². The molecule has 0 heterocycles. The Balaban J connectivity index is 0.00000128. The average molecular weight is 268 g/mol. The van der Waals surface area contributed by atoms with Gasteiger partial charge in [0.15, 0.2) is 0 Å². The zero-order valence-electron chi connectivity index (χ0n) is 10.2. The van der Waals surface area contributed by atoms with E-state index in [0.717, 1.165) is 8.58 Å². The van der Waals surface area contributed by atoms with Crippen molar-refractivity contribution in [3.05, 3.63) is 59.7 Å². The fraction of sp³-hybridized carbons (Fsp3) is 0.143. The molecule has 2 aromatic carbocycles. The maximum atomic E-state index is 2.22. The van der Waals surface area contributed by atoms with Crippen molar-refractivity contribution in [2.75, 3.05) is 0 Å². The first kappa shape index (κ1) is 16.1. The predicted molar refractivity (Wildman–Crippen MR) is 82.2 cm³/mol. The van der Waals surface area contributed by atoms with Gasteiger partial charge in [0.25, 0.3) is 0 Å². The second-order valence-electron chi connectivity index (χ2n) is 3.75. The first-order chi connectivity index (χ1) is 7.27. The monoisotopic (exact) mass is 267 g/mol.